The average molecular weight is 552 g/mol. The number of methoxy groups -OCH3 is 1. The number of nitrogens with zero attached hydrogens (tertiary/aromatic N) is 2. The van der Waals surface area contributed by atoms with E-state index in [1.54, 1.807) is 54.6 Å². The molecule has 4 aromatic carbocycles. The van der Waals surface area contributed by atoms with E-state index in [0.29, 0.717) is 22.7 Å². The van der Waals surface area contributed by atoms with E-state index in [1.807, 2.05) is 18.2 Å². The molecule has 0 spiro atoms. The number of amides is 3. The van der Waals surface area contributed by atoms with Crippen LogP contribution in [0.3, 0.4) is 0 Å². The van der Waals surface area contributed by atoms with Gasteiger partial charge in [0.15, 0.2) is 0 Å². The summed E-state index contributed by atoms with van der Waals surface area (Å²) >= 11 is 0. The van der Waals surface area contributed by atoms with E-state index in [9.17, 15) is 23.6 Å². The Labute approximate surface area is 236 Å². The number of benzene rings is 4. The molecule has 1 heterocycles. The maximum atomic E-state index is 14.0. The zero-order chi connectivity index (χ0) is 28.9. The second-order valence-electron chi connectivity index (χ2n) is 9.42. The molecule has 1 atom stereocenters. The van der Waals surface area contributed by atoms with E-state index in [4.69, 9.17) is 4.74 Å². The van der Waals surface area contributed by atoms with Gasteiger partial charge in [-0.15, -0.1) is 0 Å². The van der Waals surface area contributed by atoms with Gasteiger partial charge in [-0.05, 0) is 59.7 Å². The van der Waals surface area contributed by atoms with Crippen LogP contribution >= 0.6 is 0 Å². The van der Waals surface area contributed by atoms with Gasteiger partial charge in [-0.2, -0.15) is 0 Å². The molecule has 0 fully saturated rings. The SMILES string of the molecule is COc1ccc(NC(=O)[C@H](c2ccc(F)cc2)N(Cc2ccccc2)C(=O)CN2C(=O)C(=O)c3ccccc32)cc1. The summed E-state index contributed by atoms with van der Waals surface area (Å²) in [5.41, 5.74) is 2.10. The average Bonchev–Trinajstić information content (AvgIpc) is 3.23. The van der Waals surface area contributed by atoms with Gasteiger partial charge in [0.05, 0.1) is 18.4 Å². The van der Waals surface area contributed by atoms with Crippen molar-refractivity contribution >= 4 is 34.9 Å². The Bertz CT molecular complexity index is 1590. The van der Waals surface area contributed by atoms with Crippen LogP contribution < -0.4 is 15.0 Å². The van der Waals surface area contributed by atoms with E-state index in [0.717, 1.165) is 10.5 Å². The van der Waals surface area contributed by atoms with Crippen LogP contribution in [0.1, 0.15) is 27.5 Å². The summed E-state index contributed by atoms with van der Waals surface area (Å²) in [4.78, 5) is 55.8. The Morgan fingerprint density at radius 3 is 2.22 bits per heavy atom. The van der Waals surface area contributed by atoms with Crippen molar-refractivity contribution in [2.75, 3.05) is 23.9 Å². The van der Waals surface area contributed by atoms with Crippen LogP contribution in [0.4, 0.5) is 15.8 Å². The number of nitrogens with one attached hydrogen (secondary N) is 1. The number of anilines is 2. The molecule has 0 unspecified atom stereocenters. The molecule has 4 aromatic rings. The lowest BCUT2D eigenvalue weighted by Gasteiger charge is -2.33. The number of halogens is 1. The smallest absolute Gasteiger partial charge is 0.299 e. The monoisotopic (exact) mass is 551 g/mol. The molecular formula is C32H26FN3O5. The van der Waals surface area contributed by atoms with Crippen molar-refractivity contribution in [1.82, 2.24) is 4.90 Å². The van der Waals surface area contributed by atoms with Gasteiger partial charge in [-0.25, -0.2) is 4.39 Å². The van der Waals surface area contributed by atoms with Crippen molar-refractivity contribution in [2.45, 2.75) is 12.6 Å². The normalized spacial score (nSPS) is 13.0. The van der Waals surface area contributed by atoms with Crippen LogP contribution in [0.25, 0.3) is 0 Å². The molecule has 0 saturated carbocycles. The number of ketones is 1. The van der Waals surface area contributed by atoms with Gasteiger partial charge in [0, 0.05) is 12.2 Å². The predicted molar refractivity (Wildman–Crippen MR) is 151 cm³/mol. The highest BCUT2D eigenvalue weighted by Gasteiger charge is 2.39. The Hall–Kier alpha value is -5.31. The van der Waals surface area contributed by atoms with Crippen LogP contribution in [-0.2, 0) is 20.9 Å². The zero-order valence-corrected chi connectivity index (χ0v) is 22.1. The number of hydrogen-bond donors (Lipinski definition) is 1. The predicted octanol–water partition coefficient (Wildman–Crippen LogP) is 4.77. The first-order chi connectivity index (χ1) is 19.9. The molecule has 1 aliphatic rings. The highest BCUT2D eigenvalue weighted by atomic mass is 19.1. The van der Waals surface area contributed by atoms with E-state index in [-0.39, 0.29) is 12.1 Å². The molecule has 41 heavy (non-hydrogen) atoms. The first-order valence-electron chi connectivity index (χ1n) is 12.8. The fraction of sp³-hybridized carbons (Fsp3) is 0.125. The largest absolute Gasteiger partial charge is 0.497 e. The third-order valence-corrected chi connectivity index (χ3v) is 6.79. The maximum Gasteiger partial charge on any atom is 0.299 e. The minimum absolute atomic E-state index is 0.00930. The molecule has 206 valence electrons. The fourth-order valence-corrected chi connectivity index (χ4v) is 4.74. The summed E-state index contributed by atoms with van der Waals surface area (Å²) in [6, 6.07) is 26.3. The lowest BCUT2D eigenvalue weighted by molar-refractivity contribution is -0.139. The van der Waals surface area contributed by atoms with Crippen LogP contribution in [0, 0.1) is 5.82 Å². The summed E-state index contributed by atoms with van der Waals surface area (Å²) in [7, 11) is 1.53. The van der Waals surface area contributed by atoms with Gasteiger partial charge < -0.3 is 15.0 Å². The molecule has 0 radical (unpaired) electrons. The lowest BCUT2D eigenvalue weighted by atomic mass is 10.0. The quantitative estimate of drug-likeness (QED) is 0.302. The number of fused-ring (bicyclic) bond motifs is 1. The van der Waals surface area contributed by atoms with Gasteiger partial charge in [0.25, 0.3) is 17.6 Å². The zero-order valence-electron chi connectivity index (χ0n) is 22.1. The van der Waals surface area contributed by atoms with Crippen molar-refractivity contribution in [3.8, 4) is 5.75 Å². The molecule has 0 bridgehead atoms. The van der Waals surface area contributed by atoms with Gasteiger partial charge in [-0.3, -0.25) is 24.1 Å². The minimum Gasteiger partial charge on any atom is -0.497 e. The van der Waals surface area contributed by atoms with E-state index in [1.165, 1.54) is 42.3 Å². The number of carbonyl (C=O) groups excluding carboxylic acids is 4. The molecule has 3 amide bonds. The molecule has 0 aliphatic carbocycles. The van der Waals surface area contributed by atoms with E-state index in [2.05, 4.69) is 5.32 Å². The first kappa shape index (κ1) is 27.3. The summed E-state index contributed by atoms with van der Waals surface area (Å²) in [6.07, 6.45) is 0. The minimum atomic E-state index is -1.20. The number of Topliss-reactive ketones (excluding diaryl/α,β-unsaturated/α-hetero) is 1. The van der Waals surface area contributed by atoms with Crippen LogP contribution in [0.2, 0.25) is 0 Å². The van der Waals surface area contributed by atoms with Gasteiger partial charge in [0.1, 0.15) is 24.2 Å². The van der Waals surface area contributed by atoms with Crippen LogP contribution in [0.5, 0.6) is 5.75 Å². The molecule has 8 nitrogen and oxygen atoms in total. The van der Waals surface area contributed by atoms with Gasteiger partial charge in [0.2, 0.25) is 5.91 Å². The highest BCUT2D eigenvalue weighted by molar-refractivity contribution is 6.52. The van der Waals surface area contributed by atoms with E-state index >= 15 is 0 Å². The van der Waals surface area contributed by atoms with Crippen molar-refractivity contribution in [2.24, 2.45) is 0 Å². The van der Waals surface area contributed by atoms with E-state index < -0.39 is 41.9 Å². The maximum absolute atomic E-state index is 14.0. The van der Waals surface area contributed by atoms with Crippen LogP contribution in [-0.4, -0.2) is 42.1 Å². The number of rotatable bonds is 9. The van der Waals surface area contributed by atoms with Crippen LogP contribution in [0.15, 0.2) is 103 Å². The Morgan fingerprint density at radius 1 is 0.878 bits per heavy atom. The second-order valence-corrected chi connectivity index (χ2v) is 9.42. The number of carbonyl (C=O) groups is 4. The van der Waals surface area contributed by atoms with Crippen molar-refractivity contribution in [1.29, 1.82) is 0 Å². The van der Waals surface area contributed by atoms with Crippen molar-refractivity contribution < 1.29 is 28.3 Å². The highest BCUT2D eigenvalue weighted by Crippen LogP contribution is 2.31. The summed E-state index contributed by atoms with van der Waals surface area (Å²) in [5.74, 6) is -2.54. The first-order valence-corrected chi connectivity index (χ1v) is 12.8. The Kier molecular flexibility index (Phi) is 7.87. The summed E-state index contributed by atoms with van der Waals surface area (Å²) in [6.45, 7) is -0.461. The Balaban J connectivity index is 1.53. The third-order valence-electron chi connectivity index (χ3n) is 6.79. The molecule has 5 rings (SSSR count). The second kappa shape index (κ2) is 11.8. The molecule has 0 aromatic heterocycles. The molecular weight excluding hydrogens is 525 g/mol. The number of hydrogen-bond acceptors (Lipinski definition) is 5. The topological polar surface area (TPSA) is 96.0 Å². The van der Waals surface area contributed by atoms with Gasteiger partial charge in [-0.1, -0.05) is 54.6 Å². The molecule has 1 aliphatic heterocycles. The molecule has 1 N–H and O–H groups in total. The summed E-state index contributed by atoms with van der Waals surface area (Å²) in [5, 5.41) is 2.84. The third kappa shape index (κ3) is 5.84. The number of ether oxygens (including phenoxy) is 1. The Morgan fingerprint density at radius 2 is 1.54 bits per heavy atom. The fourth-order valence-electron chi connectivity index (χ4n) is 4.74. The standard InChI is InChI=1S/C32H26FN3O5/c1-41-25-17-15-24(16-18-25)34-31(39)29(22-11-13-23(33)14-12-22)36(19-21-7-3-2-4-8-21)28(37)20-35-27-10-6-5-9-26(27)30(38)32(35)40/h2-18,29H,19-20H2,1H3,(H,34,39)/t29-/m0/s1. The molecule has 9 heteroatoms. The molecule has 0 saturated heterocycles. The summed E-state index contributed by atoms with van der Waals surface area (Å²) < 4.78 is 19.1. The van der Waals surface area contributed by atoms with Crippen molar-refractivity contribution in [3.63, 3.8) is 0 Å². The lowest BCUT2D eigenvalue weighted by Crippen LogP contribution is -2.46. The van der Waals surface area contributed by atoms with Gasteiger partial charge >= 0.3 is 0 Å². The van der Waals surface area contributed by atoms with Crippen molar-refractivity contribution in [3.05, 3.63) is 126 Å². The number of para-hydroxylation sites is 1.